The molecule has 6 heteroatoms. The fourth-order valence-electron chi connectivity index (χ4n) is 2.11. The van der Waals surface area contributed by atoms with E-state index < -0.39 is 0 Å². The van der Waals surface area contributed by atoms with Gasteiger partial charge in [0.2, 0.25) is 11.8 Å². The van der Waals surface area contributed by atoms with Crippen LogP contribution in [0.4, 0.5) is 0 Å². The zero-order valence-corrected chi connectivity index (χ0v) is 10.1. The molecule has 0 unspecified atom stereocenters. The summed E-state index contributed by atoms with van der Waals surface area (Å²) < 4.78 is 5.11. The number of nitrogens with two attached hydrogens (primary N) is 1. The Labute approximate surface area is 100 Å². The zero-order valence-electron chi connectivity index (χ0n) is 10.1. The second kappa shape index (κ2) is 5.27. The molecule has 2 rings (SSSR count). The molecule has 0 spiro atoms. The molecule has 1 aliphatic rings. The number of carbonyl (C=O) groups excluding carboxylic acids is 1. The molecule has 0 bridgehead atoms. The van der Waals surface area contributed by atoms with Crippen LogP contribution in [-0.2, 0) is 11.2 Å². The summed E-state index contributed by atoms with van der Waals surface area (Å²) in [6, 6.07) is 0. The van der Waals surface area contributed by atoms with Gasteiger partial charge in [-0.3, -0.25) is 4.79 Å². The van der Waals surface area contributed by atoms with Crippen LogP contribution < -0.4 is 5.73 Å². The van der Waals surface area contributed by atoms with Gasteiger partial charge in [-0.25, -0.2) is 0 Å². The van der Waals surface area contributed by atoms with Crippen LogP contribution in [0.5, 0.6) is 0 Å². The summed E-state index contributed by atoms with van der Waals surface area (Å²) in [5.74, 6) is 1.81. The van der Waals surface area contributed by atoms with E-state index in [2.05, 4.69) is 10.1 Å². The van der Waals surface area contributed by atoms with E-state index in [1.165, 1.54) is 0 Å². The lowest BCUT2D eigenvalue weighted by Crippen LogP contribution is -2.36. The number of amides is 1. The average Bonchev–Trinajstić information content (AvgIpc) is 2.78. The van der Waals surface area contributed by atoms with Gasteiger partial charge >= 0.3 is 0 Å². The van der Waals surface area contributed by atoms with Crippen LogP contribution in [-0.4, -0.2) is 40.6 Å². The molecule has 0 saturated carbocycles. The fraction of sp³-hybridized carbons (Fsp3) is 0.727. The maximum atomic E-state index is 11.2. The van der Waals surface area contributed by atoms with Gasteiger partial charge in [-0.1, -0.05) is 5.16 Å². The Morgan fingerprint density at radius 1 is 1.53 bits per heavy atom. The lowest BCUT2D eigenvalue weighted by molar-refractivity contribution is -0.129. The molecule has 0 atom stereocenters. The molecule has 0 aliphatic carbocycles. The highest BCUT2D eigenvalue weighted by Gasteiger charge is 2.25. The summed E-state index contributed by atoms with van der Waals surface area (Å²) in [5.41, 5.74) is 5.43. The quantitative estimate of drug-likeness (QED) is 0.818. The van der Waals surface area contributed by atoms with Gasteiger partial charge in [0.25, 0.3) is 0 Å². The Morgan fingerprint density at radius 3 is 2.82 bits per heavy atom. The number of rotatable bonds is 3. The van der Waals surface area contributed by atoms with E-state index in [0.717, 1.165) is 31.8 Å². The standard InChI is InChI=1S/C11H18N4O2/c1-8(16)15-6-3-9(4-7-15)11-13-10(2-5-12)17-14-11/h9H,2-7,12H2,1H3. The Balaban J connectivity index is 1.93. The molecule has 94 valence electrons. The largest absolute Gasteiger partial charge is 0.343 e. The van der Waals surface area contributed by atoms with Crippen LogP contribution in [0.25, 0.3) is 0 Å². The minimum Gasteiger partial charge on any atom is -0.343 e. The molecule has 0 aromatic carbocycles. The smallest absolute Gasteiger partial charge is 0.227 e. The van der Waals surface area contributed by atoms with Crippen molar-refractivity contribution in [3.8, 4) is 0 Å². The van der Waals surface area contributed by atoms with Crippen molar-refractivity contribution >= 4 is 5.91 Å². The minimum atomic E-state index is 0.139. The van der Waals surface area contributed by atoms with Gasteiger partial charge in [0, 0.05) is 38.9 Å². The first-order chi connectivity index (χ1) is 8.20. The number of piperidine rings is 1. The highest BCUT2D eigenvalue weighted by Crippen LogP contribution is 2.25. The summed E-state index contributed by atoms with van der Waals surface area (Å²) in [5, 5.41) is 3.98. The predicted octanol–water partition coefficient (Wildman–Crippen LogP) is 0.297. The monoisotopic (exact) mass is 238 g/mol. The summed E-state index contributed by atoms with van der Waals surface area (Å²) in [6.45, 7) is 3.68. The number of aromatic nitrogens is 2. The van der Waals surface area contributed by atoms with Crippen LogP contribution in [0.3, 0.4) is 0 Å². The summed E-state index contributed by atoms with van der Waals surface area (Å²) in [6.07, 6.45) is 2.43. The molecular formula is C11H18N4O2. The second-order valence-corrected chi connectivity index (χ2v) is 4.37. The van der Waals surface area contributed by atoms with Crippen LogP contribution in [0.1, 0.15) is 37.4 Å². The zero-order chi connectivity index (χ0) is 12.3. The Morgan fingerprint density at radius 2 is 2.24 bits per heavy atom. The van der Waals surface area contributed by atoms with Gasteiger partial charge < -0.3 is 15.2 Å². The molecule has 2 N–H and O–H groups in total. The summed E-state index contributed by atoms with van der Waals surface area (Å²) in [7, 11) is 0. The molecule has 17 heavy (non-hydrogen) atoms. The molecule has 1 saturated heterocycles. The van der Waals surface area contributed by atoms with Crippen LogP contribution in [0, 0.1) is 0 Å². The van der Waals surface area contributed by atoms with Crippen molar-refractivity contribution in [1.29, 1.82) is 0 Å². The van der Waals surface area contributed by atoms with E-state index in [-0.39, 0.29) is 5.91 Å². The minimum absolute atomic E-state index is 0.139. The predicted molar refractivity (Wildman–Crippen MR) is 61.3 cm³/mol. The number of hydrogen-bond acceptors (Lipinski definition) is 5. The lowest BCUT2D eigenvalue weighted by Gasteiger charge is -2.29. The van der Waals surface area contributed by atoms with E-state index in [1.54, 1.807) is 6.92 Å². The van der Waals surface area contributed by atoms with Crippen molar-refractivity contribution in [3.05, 3.63) is 11.7 Å². The first kappa shape index (κ1) is 12.0. The van der Waals surface area contributed by atoms with Gasteiger partial charge in [0.1, 0.15) is 0 Å². The summed E-state index contributed by atoms with van der Waals surface area (Å²) >= 11 is 0. The molecule has 6 nitrogen and oxygen atoms in total. The van der Waals surface area contributed by atoms with Crippen molar-refractivity contribution in [2.75, 3.05) is 19.6 Å². The number of likely N-dealkylation sites (tertiary alicyclic amines) is 1. The van der Waals surface area contributed by atoms with E-state index >= 15 is 0 Å². The molecule has 0 radical (unpaired) electrons. The maximum Gasteiger partial charge on any atom is 0.227 e. The molecule has 1 aromatic heterocycles. The van der Waals surface area contributed by atoms with Gasteiger partial charge in [0.05, 0.1) is 0 Å². The normalized spacial score (nSPS) is 17.4. The molecule has 1 aromatic rings. The van der Waals surface area contributed by atoms with Crippen LogP contribution in [0.2, 0.25) is 0 Å². The maximum absolute atomic E-state index is 11.2. The van der Waals surface area contributed by atoms with Gasteiger partial charge in [-0.2, -0.15) is 4.98 Å². The Hall–Kier alpha value is -1.43. The van der Waals surface area contributed by atoms with Crippen LogP contribution in [0.15, 0.2) is 4.52 Å². The third-order valence-electron chi connectivity index (χ3n) is 3.15. The molecular weight excluding hydrogens is 220 g/mol. The fourth-order valence-corrected chi connectivity index (χ4v) is 2.11. The molecule has 1 amide bonds. The second-order valence-electron chi connectivity index (χ2n) is 4.37. The van der Waals surface area contributed by atoms with Gasteiger partial charge in [-0.15, -0.1) is 0 Å². The van der Waals surface area contributed by atoms with Gasteiger partial charge in [-0.05, 0) is 12.8 Å². The highest BCUT2D eigenvalue weighted by molar-refractivity contribution is 5.73. The van der Waals surface area contributed by atoms with Crippen molar-refractivity contribution < 1.29 is 9.32 Å². The van der Waals surface area contributed by atoms with Crippen molar-refractivity contribution in [1.82, 2.24) is 15.0 Å². The Bertz CT molecular complexity index is 383. The highest BCUT2D eigenvalue weighted by atomic mass is 16.5. The van der Waals surface area contributed by atoms with E-state index in [9.17, 15) is 4.79 Å². The number of carbonyl (C=O) groups is 1. The van der Waals surface area contributed by atoms with Crippen LogP contribution >= 0.6 is 0 Å². The van der Waals surface area contributed by atoms with Crippen molar-refractivity contribution in [2.24, 2.45) is 5.73 Å². The third-order valence-corrected chi connectivity index (χ3v) is 3.15. The van der Waals surface area contributed by atoms with E-state index in [0.29, 0.717) is 24.8 Å². The third kappa shape index (κ3) is 2.82. The number of hydrogen-bond donors (Lipinski definition) is 1. The molecule has 2 heterocycles. The van der Waals surface area contributed by atoms with E-state index in [1.807, 2.05) is 4.90 Å². The molecule has 1 aliphatic heterocycles. The van der Waals surface area contributed by atoms with Crippen molar-refractivity contribution in [2.45, 2.75) is 32.1 Å². The first-order valence-electron chi connectivity index (χ1n) is 5.98. The molecule has 1 fully saturated rings. The topological polar surface area (TPSA) is 85.2 Å². The Kier molecular flexibility index (Phi) is 3.73. The average molecular weight is 238 g/mol. The SMILES string of the molecule is CC(=O)N1CCC(c2noc(CCN)n2)CC1. The van der Waals surface area contributed by atoms with Crippen molar-refractivity contribution in [3.63, 3.8) is 0 Å². The lowest BCUT2D eigenvalue weighted by atomic mass is 9.96. The summed E-state index contributed by atoms with van der Waals surface area (Å²) in [4.78, 5) is 17.4. The van der Waals surface area contributed by atoms with E-state index in [4.69, 9.17) is 10.3 Å². The van der Waals surface area contributed by atoms with Gasteiger partial charge in [0.15, 0.2) is 5.82 Å². The first-order valence-corrected chi connectivity index (χ1v) is 5.98. The number of nitrogens with zero attached hydrogens (tertiary/aromatic N) is 3.